The van der Waals surface area contributed by atoms with Crippen LogP contribution in [0.4, 0.5) is 0 Å². The minimum absolute atomic E-state index is 0.0323. The molecule has 98 valence electrons. The molecule has 0 aliphatic carbocycles. The molecule has 18 heavy (non-hydrogen) atoms. The number of aromatic nitrogens is 2. The summed E-state index contributed by atoms with van der Waals surface area (Å²) in [5, 5.41) is 10.3. The normalized spacial score (nSPS) is 15.3. The molecule has 1 amide bonds. The summed E-state index contributed by atoms with van der Waals surface area (Å²) in [6.45, 7) is 4.59. The van der Waals surface area contributed by atoms with Gasteiger partial charge >= 0.3 is 0 Å². The van der Waals surface area contributed by atoms with Gasteiger partial charge in [-0.3, -0.25) is 9.48 Å². The lowest BCUT2D eigenvalue weighted by Crippen LogP contribution is -2.27. The molecule has 0 saturated heterocycles. The number of nitrogens with one attached hydrogen (secondary N) is 2. The molecule has 1 aromatic rings. The van der Waals surface area contributed by atoms with Crippen LogP contribution in [0, 0.1) is 6.92 Å². The number of carbonyl (C=O) groups is 1. The monoisotopic (exact) mass is 248 g/mol. The summed E-state index contributed by atoms with van der Waals surface area (Å²) >= 11 is 0. The lowest BCUT2D eigenvalue weighted by atomic mass is 10.1. The highest BCUT2D eigenvalue weighted by atomic mass is 16.1. The molecule has 2 rings (SSSR count). The molecule has 0 saturated carbocycles. The van der Waals surface area contributed by atoms with E-state index in [0.29, 0.717) is 12.1 Å². The standard InChI is InChI=1S/C13H20N4O/c1-10-12(9-16-17(10)2)13(18)15-8-5-11-3-6-14-7-4-11/h3,9,14H,4-8H2,1-2H3,(H,15,18). The second-order valence-corrected chi connectivity index (χ2v) is 4.59. The predicted molar refractivity (Wildman–Crippen MR) is 70.5 cm³/mol. The zero-order valence-corrected chi connectivity index (χ0v) is 11.0. The van der Waals surface area contributed by atoms with Gasteiger partial charge in [0.2, 0.25) is 0 Å². The number of aryl methyl sites for hydroxylation is 1. The third-order valence-electron chi connectivity index (χ3n) is 3.37. The van der Waals surface area contributed by atoms with Gasteiger partial charge in [-0.1, -0.05) is 11.6 Å². The van der Waals surface area contributed by atoms with Gasteiger partial charge in [-0.25, -0.2) is 0 Å². The first kappa shape index (κ1) is 12.8. The summed E-state index contributed by atoms with van der Waals surface area (Å²) in [6.07, 6.45) is 5.86. The van der Waals surface area contributed by atoms with Crippen LogP contribution in [0.2, 0.25) is 0 Å². The Morgan fingerprint density at radius 1 is 1.61 bits per heavy atom. The molecule has 0 atom stereocenters. The molecule has 2 heterocycles. The van der Waals surface area contributed by atoms with Crippen LogP contribution in [-0.2, 0) is 7.05 Å². The number of rotatable bonds is 4. The van der Waals surface area contributed by atoms with Crippen molar-refractivity contribution >= 4 is 5.91 Å². The van der Waals surface area contributed by atoms with Crippen molar-refractivity contribution < 1.29 is 4.79 Å². The molecule has 1 aromatic heterocycles. The molecule has 1 aliphatic rings. The molecule has 5 nitrogen and oxygen atoms in total. The summed E-state index contributed by atoms with van der Waals surface area (Å²) in [6, 6.07) is 0. The fourth-order valence-electron chi connectivity index (χ4n) is 2.05. The maximum atomic E-state index is 11.9. The van der Waals surface area contributed by atoms with Gasteiger partial charge in [-0.15, -0.1) is 0 Å². The third-order valence-corrected chi connectivity index (χ3v) is 3.37. The highest BCUT2D eigenvalue weighted by Gasteiger charge is 2.12. The molecular weight excluding hydrogens is 228 g/mol. The summed E-state index contributed by atoms with van der Waals surface area (Å²) in [7, 11) is 1.84. The van der Waals surface area contributed by atoms with Gasteiger partial charge < -0.3 is 10.6 Å². The number of amides is 1. The van der Waals surface area contributed by atoms with E-state index in [0.717, 1.165) is 31.6 Å². The van der Waals surface area contributed by atoms with Crippen LogP contribution >= 0.6 is 0 Å². The van der Waals surface area contributed by atoms with E-state index in [1.807, 2.05) is 14.0 Å². The number of hydrogen-bond donors (Lipinski definition) is 2. The van der Waals surface area contributed by atoms with Crippen molar-refractivity contribution in [2.75, 3.05) is 19.6 Å². The fourth-order valence-corrected chi connectivity index (χ4v) is 2.05. The quantitative estimate of drug-likeness (QED) is 0.774. The van der Waals surface area contributed by atoms with Crippen LogP contribution in [0.15, 0.2) is 17.8 Å². The Labute approximate surface area is 107 Å². The molecule has 0 aromatic carbocycles. The fraction of sp³-hybridized carbons (Fsp3) is 0.538. The lowest BCUT2D eigenvalue weighted by molar-refractivity contribution is 0.0953. The molecule has 5 heteroatoms. The van der Waals surface area contributed by atoms with Crippen molar-refractivity contribution in [2.24, 2.45) is 7.05 Å². The molecule has 0 unspecified atom stereocenters. The first-order valence-electron chi connectivity index (χ1n) is 6.34. The van der Waals surface area contributed by atoms with Crippen molar-refractivity contribution in [3.63, 3.8) is 0 Å². The van der Waals surface area contributed by atoms with Gasteiger partial charge in [0.15, 0.2) is 0 Å². The number of nitrogens with zero attached hydrogens (tertiary/aromatic N) is 2. The van der Waals surface area contributed by atoms with Crippen LogP contribution < -0.4 is 10.6 Å². The van der Waals surface area contributed by atoms with E-state index >= 15 is 0 Å². The van der Waals surface area contributed by atoms with Gasteiger partial charge in [0.25, 0.3) is 5.91 Å². The van der Waals surface area contributed by atoms with Crippen molar-refractivity contribution in [2.45, 2.75) is 19.8 Å². The van der Waals surface area contributed by atoms with E-state index in [9.17, 15) is 4.79 Å². The number of carbonyl (C=O) groups excluding carboxylic acids is 1. The van der Waals surface area contributed by atoms with Crippen molar-refractivity contribution in [3.05, 3.63) is 29.1 Å². The molecular formula is C13H20N4O. The second kappa shape index (κ2) is 5.82. The summed E-state index contributed by atoms with van der Waals surface area (Å²) in [5.74, 6) is -0.0323. The molecule has 0 bridgehead atoms. The zero-order valence-electron chi connectivity index (χ0n) is 11.0. The number of hydrogen-bond acceptors (Lipinski definition) is 3. The Morgan fingerprint density at radius 2 is 2.44 bits per heavy atom. The van der Waals surface area contributed by atoms with Crippen LogP contribution in [-0.4, -0.2) is 35.3 Å². The van der Waals surface area contributed by atoms with Crippen LogP contribution in [0.5, 0.6) is 0 Å². The Hall–Kier alpha value is -1.62. The largest absolute Gasteiger partial charge is 0.352 e. The summed E-state index contributed by atoms with van der Waals surface area (Å²) in [4.78, 5) is 11.9. The van der Waals surface area contributed by atoms with Crippen LogP contribution in [0.1, 0.15) is 28.9 Å². The molecule has 1 aliphatic heterocycles. The predicted octanol–water partition coefficient (Wildman–Crippen LogP) is 0.768. The van der Waals surface area contributed by atoms with Gasteiger partial charge in [-0.05, 0) is 26.3 Å². The lowest BCUT2D eigenvalue weighted by Gasteiger charge is -2.14. The summed E-state index contributed by atoms with van der Waals surface area (Å²) < 4.78 is 1.71. The van der Waals surface area contributed by atoms with E-state index in [1.54, 1.807) is 10.9 Å². The molecule has 0 radical (unpaired) electrons. The highest BCUT2D eigenvalue weighted by Crippen LogP contribution is 2.09. The van der Waals surface area contributed by atoms with Gasteiger partial charge in [0.05, 0.1) is 11.8 Å². The third kappa shape index (κ3) is 2.98. The highest BCUT2D eigenvalue weighted by molar-refractivity contribution is 5.94. The Balaban J connectivity index is 1.81. The molecule has 0 fully saturated rings. The Morgan fingerprint density at radius 3 is 3.06 bits per heavy atom. The first-order chi connectivity index (χ1) is 8.68. The Kier molecular flexibility index (Phi) is 4.15. The SMILES string of the molecule is Cc1c(C(=O)NCCC2=CCNCC2)cnn1C. The minimum atomic E-state index is -0.0323. The van der Waals surface area contributed by atoms with Crippen LogP contribution in [0.3, 0.4) is 0 Å². The maximum Gasteiger partial charge on any atom is 0.254 e. The topological polar surface area (TPSA) is 59.0 Å². The maximum absolute atomic E-state index is 11.9. The van der Waals surface area contributed by atoms with E-state index in [-0.39, 0.29) is 5.91 Å². The summed E-state index contributed by atoms with van der Waals surface area (Å²) in [5.41, 5.74) is 2.99. The Bertz CT molecular complexity index is 462. The average Bonchev–Trinajstić information content (AvgIpc) is 2.71. The second-order valence-electron chi connectivity index (χ2n) is 4.59. The van der Waals surface area contributed by atoms with Crippen molar-refractivity contribution in [1.82, 2.24) is 20.4 Å². The first-order valence-corrected chi connectivity index (χ1v) is 6.34. The van der Waals surface area contributed by atoms with E-state index in [2.05, 4.69) is 21.8 Å². The van der Waals surface area contributed by atoms with Crippen molar-refractivity contribution in [3.8, 4) is 0 Å². The van der Waals surface area contributed by atoms with E-state index < -0.39 is 0 Å². The van der Waals surface area contributed by atoms with E-state index in [1.165, 1.54) is 5.57 Å². The average molecular weight is 248 g/mol. The zero-order chi connectivity index (χ0) is 13.0. The molecule has 0 spiro atoms. The molecule has 2 N–H and O–H groups in total. The van der Waals surface area contributed by atoms with Crippen molar-refractivity contribution in [1.29, 1.82) is 0 Å². The van der Waals surface area contributed by atoms with Gasteiger partial charge in [-0.2, -0.15) is 5.10 Å². The van der Waals surface area contributed by atoms with Gasteiger partial charge in [0.1, 0.15) is 0 Å². The van der Waals surface area contributed by atoms with Crippen LogP contribution in [0.25, 0.3) is 0 Å². The minimum Gasteiger partial charge on any atom is -0.352 e. The van der Waals surface area contributed by atoms with E-state index in [4.69, 9.17) is 0 Å². The van der Waals surface area contributed by atoms with Gasteiger partial charge in [0, 0.05) is 25.8 Å². The smallest absolute Gasteiger partial charge is 0.254 e.